The number of hydrogen-bond acceptors (Lipinski definition) is 2. The highest BCUT2D eigenvalue weighted by Gasteiger charge is 2.06. The first kappa shape index (κ1) is 8.63. The molecule has 0 aromatic carbocycles. The predicted molar refractivity (Wildman–Crippen MR) is 40.8 cm³/mol. The Morgan fingerprint density at radius 1 is 1.56 bits per heavy atom. The third-order valence-electron chi connectivity index (χ3n) is 1.53. The average Bonchev–Trinajstić information content (AvgIpc) is 1.63. The molecule has 0 spiro atoms. The summed E-state index contributed by atoms with van der Waals surface area (Å²) in [4.78, 5) is 0. The smallest absolute Gasteiger partial charge is 0.00614 e. The summed E-state index contributed by atoms with van der Waals surface area (Å²) >= 11 is 0. The second-order valence-electron chi connectivity index (χ2n) is 2.82. The Labute approximate surface area is 57.0 Å². The maximum absolute atomic E-state index is 7.16. The molecule has 0 fully saturated rings. The van der Waals surface area contributed by atoms with E-state index in [1.165, 1.54) is 0 Å². The Kier molecular flexibility index (Phi) is 3.47. The molecule has 0 aliphatic rings. The molecule has 0 aliphatic carbocycles. The summed E-state index contributed by atoms with van der Waals surface area (Å²) < 4.78 is 0. The summed E-state index contributed by atoms with van der Waals surface area (Å²) in [6, 6.07) is 0.213. The third kappa shape index (κ3) is 4.15. The van der Waals surface area contributed by atoms with E-state index in [-0.39, 0.29) is 6.04 Å². The van der Waals surface area contributed by atoms with Gasteiger partial charge in [-0.05, 0) is 26.2 Å². The summed E-state index contributed by atoms with van der Waals surface area (Å²) in [6.45, 7) is 5.87. The predicted octanol–water partition coefficient (Wildman–Crippen LogP) is 1.40. The molecule has 2 atom stereocenters. The molecule has 0 saturated heterocycles. The number of hydrogen-bond donors (Lipinski definition) is 2. The lowest BCUT2D eigenvalue weighted by atomic mass is 9.98. The summed E-state index contributed by atoms with van der Waals surface area (Å²) in [5.41, 5.74) is 6.31. The monoisotopic (exact) mass is 128 g/mol. The standard InChI is InChI=1S/C7H16N2/c1-5(7(3)9)4-6(2)8/h5,7-8H,4,9H2,1-3H3. The molecule has 2 heteroatoms. The fourth-order valence-corrected chi connectivity index (χ4v) is 0.669. The van der Waals surface area contributed by atoms with Gasteiger partial charge in [0.25, 0.3) is 0 Å². The molecule has 0 saturated carbocycles. The molecule has 0 bridgehead atoms. The van der Waals surface area contributed by atoms with Crippen molar-refractivity contribution in [2.24, 2.45) is 11.7 Å². The minimum Gasteiger partial charge on any atom is -0.328 e. The van der Waals surface area contributed by atoms with Crippen molar-refractivity contribution in [1.29, 1.82) is 5.41 Å². The van der Waals surface area contributed by atoms with E-state index in [1.54, 1.807) is 0 Å². The zero-order chi connectivity index (χ0) is 7.44. The van der Waals surface area contributed by atoms with Crippen LogP contribution in [0, 0.1) is 11.3 Å². The lowest BCUT2D eigenvalue weighted by molar-refractivity contribution is 0.499. The van der Waals surface area contributed by atoms with Crippen molar-refractivity contribution in [2.75, 3.05) is 0 Å². The van der Waals surface area contributed by atoms with Gasteiger partial charge in [0.1, 0.15) is 0 Å². The normalized spacial score (nSPS) is 16.9. The van der Waals surface area contributed by atoms with Gasteiger partial charge >= 0.3 is 0 Å². The van der Waals surface area contributed by atoms with E-state index < -0.39 is 0 Å². The molecule has 0 amide bonds. The van der Waals surface area contributed by atoms with E-state index in [0.29, 0.717) is 5.92 Å². The zero-order valence-electron chi connectivity index (χ0n) is 6.44. The van der Waals surface area contributed by atoms with Gasteiger partial charge in [-0.1, -0.05) is 6.92 Å². The van der Waals surface area contributed by atoms with Gasteiger partial charge in [0.05, 0.1) is 0 Å². The number of nitrogens with two attached hydrogens (primary N) is 1. The molecule has 54 valence electrons. The maximum atomic E-state index is 7.16. The van der Waals surface area contributed by atoms with E-state index in [2.05, 4.69) is 6.92 Å². The molecule has 0 aromatic rings. The van der Waals surface area contributed by atoms with Crippen LogP contribution in [0.15, 0.2) is 0 Å². The Morgan fingerprint density at radius 3 is 2.11 bits per heavy atom. The van der Waals surface area contributed by atoms with Crippen LogP contribution in [0.2, 0.25) is 0 Å². The van der Waals surface area contributed by atoms with Crippen molar-refractivity contribution in [1.82, 2.24) is 0 Å². The highest BCUT2D eigenvalue weighted by molar-refractivity contribution is 5.78. The molecule has 0 radical (unpaired) electrons. The summed E-state index contributed by atoms with van der Waals surface area (Å²) in [5, 5.41) is 7.16. The van der Waals surface area contributed by atoms with E-state index in [9.17, 15) is 0 Å². The molecule has 0 rings (SSSR count). The average molecular weight is 128 g/mol. The lowest BCUT2D eigenvalue weighted by Gasteiger charge is -2.13. The Hall–Kier alpha value is -0.370. The molecule has 0 aliphatic heterocycles. The van der Waals surface area contributed by atoms with Gasteiger partial charge in [0.2, 0.25) is 0 Å². The van der Waals surface area contributed by atoms with Gasteiger partial charge < -0.3 is 11.1 Å². The third-order valence-corrected chi connectivity index (χ3v) is 1.53. The van der Waals surface area contributed by atoms with Gasteiger partial charge in [-0.15, -0.1) is 0 Å². The Morgan fingerprint density at radius 2 is 2.00 bits per heavy atom. The van der Waals surface area contributed by atoms with Gasteiger partial charge in [-0.2, -0.15) is 0 Å². The van der Waals surface area contributed by atoms with Gasteiger partial charge in [-0.3, -0.25) is 0 Å². The summed E-state index contributed by atoms with van der Waals surface area (Å²) in [5.74, 6) is 0.447. The van der Waals surface area contributed by atoms with Crippen molar-refractivity contribution in [3.05, 3.63) is 0 Å². The Bertz CT molecular complexity index is 97.1. The second kappa shape index (κ2) is 3.62. The first-order chi connectivity index (χ1) is 4.04. The van der Waals surface area contributed by atoms with Crippen LogP contribution < -0.4 is 5.73 Å². The SMILES string of the molecule is CC(=N)CC(C)C(C)N. The molecule has 2 nitrogen and oxygen atoms in total. The van der Waals surface area contributed by atoms with Gasteiger partial charge in [0, 0.05) is 11.8 Å². The van der Waals surface area contributed by atoms with Crippen LogP contribution in [0.3, 0.4) is 0 Å². The first-order valence-corrected chi connectivity index (χ1v) is 3.33. The largest absolute Gasteiger partial charge is 0.328 e. The second-order valence-corrected chi connectivity index (χ2v) is 2.82. The number of rotatable bonds is 3. The Balaban J connectivity index is 3.50. The maximum Gasteiger partial charge on any atom is 0.00614 e. The van der Waals surface area contributed by atoms with E-state index in [0.717, 1.165) is 12.1 Å². The van der Waals surface area contributed by atoms with Crippen molar-refractivity contribution in [3.63, 3.8) is 0 Å². The fraction of sp³-hybridized carbons (Fsp3) is 0.857. The minimum atomic E-state index is 0.213. The summed E-state index contributed by atoms with van der Waals surface area (Å²) in [6.07, 6.45) is 0.831. The minimum absolute atomic E-state index is 0.213. The lowest BCUT2D eigenvalue weighted by Crippen LogP contribution is -2.25. The van der Waals surface area contributed by atoms with Crippen molar-refractivity contribution < 1.29 is 0 Å². The fourth-order valence-electron chi connectivity index (χ4n) is 0.669. The van der Waals surface area contributed by atoms with Crippen LogP contribution >= 0.6 is 0 Å². The highest BCUT2D eigenvalue weighted by Crippen LogP contribution is 2.05. The van der Waals surface area contributed by atoms with Crippen molar-refractivity contribution >= 4 is 5.71 Å². The first-order valence-electron chi connectivity index (χ1n) is 3.33. The van der Waals surface area contributed by atoms with E-state index >= 15 is 0 Å². The highest BCUT2D eigenvalue weighted by atomic mass is 14.6. The van der Waals surface area contributed by atoms with Crippen LogP contribution in [0.1, 0.15) is 27.2 Å². The van der Waals surface area contributed by atoms with Crippen molar-refractivity contribution in [3.8, 4) is 0 Å². The zero-order valence-corrected chi connectivity index (χ0v) is 6.44. The van der Waals surface area contributed by atoms with Crippen LogP contribution in [0.4, 0.5) is 0 Å². The van der Waals surface area contributed by atoms with Gasteiger partial charge in [0.15, 0.2) is 0 Å². The molecular weight excluding hydrogens is 112 g/mol. The topological polar surface area (TPSA) is 49.9 Å². The van der Waals surface area contributed by atoms with Crippen LogP contribution in [0.5, 0.6) is 0 Å². The van der Waals surface area contributed by atoms with E-state index in [1.807, 2.05) is 13.8 Å². The molecule has 0 heterocycles. The molecule has 9 heavy (non-hydrogen) atoms. The van der Waals surface area contributed by atoms with Crippen LogP contribution in [-0.4, -0.2) is 11.8 Å². The quantitative estimate of drug-likeness (QED) is 0.554. The molecule has 0 aromatic heterocycles. The van der Waals surface area contributed by atoms with Gasteiger partial charge in [-0.25, -0.2) is 0 Å². The molecule has 2 unspecified atom stereocenters. The summed E-state index contributed by atoms with van der Waals surface area (Å²) in [7, 11) is 0. The number of nitrogens with one attached hydrogen (secondary N) is 1. The molecule has 3 N–H and O–H groups in total. The molecular formula is C7H16N2. The van der Waals surface area contributed by atoms with Crippen LogP contribution in [0.25, 0.3) is 0 Å². The van der Waals surface area contributed by atoms with Crippen molar-refractivity contribution in [2.45, 2.75) is 33.2 Å². The van der Waals surface area contributed by atoms with E-state index in [4.69, 9.17) is 11.1 Å². The van der Waals surface area contributed by atoms with Crippen LogP contribution in [-0.2, 0) is 0 Å².